The van der Waals surface area contributed by atoms with Crippen LogP contribution in [-0.2, 0) is 20.6 Å². The Labute approximate surface area is 182 Å². The first-order valence-corrected chi connectivity index (χ1v) is 12.2. The molecule has 9 heteroatoms. The molecule has 0 bridgehead atoms. The fourth-order valence-electron chi connectivity index (χ4n) is 4.22. The molecule has 1 aromatic carbocycles. The van der Waals surface area contributed by atoms with E-state index in [1.807, 2.05) is 18.2 Å². The molecule has 2 aliphatic heterocycles. The van der Waals surface area contributed by atoms with Crippen LogP contribution in [0.5, 0.6) is 0 Å². The molecule has 1 aromatic heterocycles. The lowest BCUT2D eigenvalue weighted by Gasteiger charge is -2.38. The van der Waals surface area contributed by atoms with Gasteiger partial charge in [0, 0.05) is 39.3 Å². The monoisotopic (exact) mass is 445 g/mol. The second kappa shape index (κ2) is 9.23. The average Bonchev–Trinajstić information content (AvgIpc) is 3.34. The maximum absolute atomic E-state index is 13.1. The Kier molecular flexibility index (Phi) is 6.43. The minimum atomic E-state index is -3.48. The van der Waals surface area contributed by atoms with Crippen LogP contribution in [0.15, 0.2) is 53.1 Å². The van der Waals surface area contributed by atoms with Gasteiger partial charge in [0.25, 0.3) is 5.91 Å². The van der Waals surface area contributed by atoms with Gasteiger partial charge < -0.3 is 14.2 Å². The molecule has 8 nitrogen and oxygen atoms in total. The minimum absolute atomic E-state index is 0.0234. The molecule has 3 heterocycles. The molecule has 4 rings (SSSR count). The summed E-state index contributed by atoms with van der Waals surface area (Å²) in [5.74, 6) is -0.293. The van der Waals surface area contributed by atoms with Crippen LogP contribution in [-0.4, -0.2) is 73.6 Å². The summed E-state index contributed by atoms with van der Waals surface area (Å²) in [5, 5.41) is 0. The van der Waals surface area contributed by atoms with E-state index in [2.05, 4.69) is 0 Å². The zero-order valence-corrected chi connectivity index (χ0v) is 18.2. The third kappa shape index (κ3) is 4.99. The number of piperazine rings is 1. The molecule has 0 saturated carbocycles. The molecule has 2 aliphatic rings. The van der Waals surface area contributed by atoms with E-state index >= 15 is 0 Å². The summed E-state index contributed by atoms with van der Waals surface area (Å²) >= 11 is 0. The summed E-state index contributed by atoms with van der Waals surface area (Å²) in [6.07, 6.45) is 2.82. The highest BCUT2D eigenvalue weighted by Crippen LogP contribution is 2.24. The SMILES string of the molecule is O=C(c1ccco1)N1CCN(C(=O)[C@H]2CCCN(S(=O)(=O)Cc3ccccc3)C2)CC1. The van der Waals surface area contributed by atoms with E-state index in [0.717, 1.165) is 5.56 Å². The summed E-state index contributed by atoms with van der Waals surface area (Å²) in [4.78, 5) is 28.9. The molecular formula is C22H27N3O5S. The maximum Gasteiger partial charge on any atom is 0.289 e. The third-order valence-electron chi connectivity index (χ3n) is 5.93. The molecule has 0 radical (unpaired) electrons. The van der Waals surface area contributed by atoms with E-state index in [1.165, 1.54) is 10.6 Å². The summed E-state index contributed by atoms with van der Waals surface area (Å²) in [6.45, 7) is 2.43. The predicted molar refractivity (Wildman–Crippen MR) is 115 cm³/mol. The van der Waals surface area contributed by atoms with E-state index in [4.69, 9.17) is 4.42 Å². The Balaban J connectivity index is 1.33. The number of carbonyl (C=O) groups excluding carboxylic acids is 2. The Bertz CT molecular complexity index is 999. The normalized spacial score (nSPS) is 20.6. The number of hydrogen-bond acceptors (Lipinski definition) is 5. The van der Waals surface area contributed by atoms with E-state index in [9.17, 15) is 18.0 Å². The van der Waals surface area contributed by atoms with Crippen LogP contribution in [0.1, 0.15) is 29.0 Å². The van der Waals surface area contributed by atoms with Crippen molar-refractivity contribution in [1.29, 1.82) is 0 Å². The van der Waals surface area contributed by atoms with Gasteiger partial charge in [0.1, 0.15) is 0 Å². The molecular weight excluding hydrogens is 418 g/mol. The second-order valence-electron chi connectivity index (χ2n) is 8.03. The van der Waals surface area contributed by atoms with Crippen molar-refractivity contribution in [2.24, 2.45) is 5.92 Å². The lowest BCUT2D eigenvalue weighted by atomic mass is 9.97. The van der Waals surface area contributed by atoms with Gasteiger partial charge in [-0.15, -0.1) is 0 Å². The Hall–Kier alpha value is -2.65. The number of nitrogens with zero attached hydrogens (tertiary/aromatic N) is 3. The summed E-state index contributed by atoms with van der Waals surface area (Å²) in [6, 6.07) is 12.4. The number of benzene rings is 1. The highest BCUT2D eigenvalue weighted by atomic mass is 32.2. The van der Waals surface area contributed by atoms with Crippen molar-refractivity contribution in [3.63, 3.8) is 0 Å². The summed E-state index contributed by atoms with van der Waals surface area (Å²) < 4.78 is 32.4. The van der Waals surface area contributed by atoms with Crippen LogP contribution in [0, 0.1) is 5.92 Å². The van der Waals surface area contributed by atoms with Gasteiger partial charge in [0.15, 0.2) is 5.76 Å². The Morgan fingerprint density at radius 2 is 1.65 bits per heavy atom. The highest BCUT2D eigenvalue weighted by Gasteiger charge is 2.35. The van der Waals surface area contributed by atoms with Crippen LogP contribution in [0.3, 0.4) is 0 Å². The summed E-state index contributed by atoms with van der Waals surface area (Å²) in [5.41, 5.74) is 0.744. The van der Waals surface area contributed by atoms with Gasteiger partial charge in [-0.2, -0.15) is 0 Å². The molecule has 0 aliphatic carbocycles. The molecule has 2 saturated heterocycles. The summed E-state index contributed by atoms with van der Waals surface area (Å²) in [7, 11) is -3.48. The van der Waals surface area contributed by atoms with Crippen LogP contribution < -0.4 is 0 Å². The van der Waals surface area contributed by atoms with Gasteiger partial charge in [0.05, 0.1) is 17.9 Å². The second-order valence-corrected chi connectivity index (χ2v) is 10.0. The standard InChI is InChI=1S/C22H27N3O5S/c26-21(23-11-13-24(14-12-23)22(27)20-9-5-15-30-20)19-8-4-10-25(16-19)31(28,29)17-18-6-2-1-3-7-18/h1-3,5-7,9,15,19H,4,8,10-14,16-17H2/t19-/m0/s1. The van der Waals surface area contributed by atoms with Crippen molar-refractivity contribution in [3.05, 3.63) is 60.1 Å². The van der Waals surface area contributed by atoms with Gasteiger partial charge in [-0.25, -0.2) is 12.7 Å². The Morgan fingerprint density at radius 3 is 2.32 bits per heavy atom. The quantitative estimate of drug-likeness (QED) is 0.700. The van der Waals surface area contributed by atoms with Gasteiger partial charge in [-0.05, 0) is 30.5 Å². The van der Waals surface area contributed by atoms with Crippen LogP contribution >= 0.6 is 0 Å². The first-order chi connectivity index (χ1) is 14.9. The zero-order valence-electron chi connectivity index (χ0n) is 17.4. The molecule has 2 aromatic rings. The molecule has 2 fully saturated rings. The van der Waals surface area contributed by atoms with Crippen molar-refractivity contribution in [3.8, 4) is 0 Å². The molecule has 31 heavy (non-hydrogen) atoms. The lowest BCUT2D eigenvalue weighted by molar-refractivity contribution is -0.138. The fourth-order valence-corrected chi connectivity index (χ4v) is 5.83. The van der Waals surface area contributed by atoms with Crippen LogP contribution in [0.2, 0.25) is 0 Å². The lowest BCUT2D eigenvalue weighted by Crippen LogP contribution is -2.54. The van der Waals surface area contributed by atoms with Gasteiger partial charge in [0.2, 0.25) is 15.9 Å². The zero-order chi connectivity index (χ0) is 21.8. The predicted octanol–water partition coefficient (Wildman–Crippen LogP) is 1.81. The van der Waals surface area contributed by atoms with E-state index in [-0.39, 0.29) is 30.0 Å². The third-order valence-corrected chi connectivity index (χ3v) is 7.75. The van der Waals surface area contributed by atoms with Crippen molar-refractivity contribution >= 4 is 21.8 Å². The molecule has 2 amide bonds. The smallest absolute Gasteiger partial charge is 0.289 e. The number of furan rings is 1. The number of sulfonamides is 1. The van der Waals surface area contributed by atoms with Crippen molar-refractivity contribution in [2.45, 2.75) is 18.6 Å². The topological polar surface area (TPSA) is 91.1 Å². The molecule has 1 atom stereocenters. The van der Waals surface area contributed by atoms with Crippen LogP contribution in [0.25, 0.3) is 0 Å². The Morgan fingerprint density at radius 1 is 0.935 bits per heavy atom. The van der Waals surface area contributed by atoms with Gasteiger partial charge in [-0.1, -0.05) is 30.3 Å². The molecule has 0 N–H and O–H groups in total. The highest BCUT2D eigenvalue weighted by molar-refractivity contribution is 7.88. The van der Waals surface area contributed by atoms with Gasteiger partial charge >= 0.3 is 0 Å². The molecule has 166 valence electrons. The molecule has 0 unspecified atom stereocenters. The number of amides is 2. The van der Waals surface area contributed by atoms with Crippen molar-refractivity contribution in [1.82, 2.24) is 14.1 Å². The number of rotatable bonds is 5. The van der Waals surface area contributed by atoms with E-state index in [0.29, 0.717) is 51.3 Å². The van der Waals surface area contributed by atoms with Crippen molar-refractivity contribution in [2.75, 3.05) is 39.3 Å². The number of carbonyl (C=O) groups is 2. The van der Waals surface area contributed by atoms with Gasteiger partial charge in [-0.3, -0.25) is 9.59 Å². The fraction of sp³-hybridized carbons (Fsp3) is 0.455. The molecule has 0 spiro atoms. The number of hydrogen-bond donors (Lipinski definition) is 0. The first kappa shape index (κ1) is 21.6. The minimum Gasteiger partial charge on any atom is -0.459 e. The van der Waals surface area contributed by atoms with E-state index in [1.54, 1.807) is 34.1 Å². The largest absolute Gasteiger partial charge is 0.459 e. The first-order valence-electron chi connectivity index (χ1n) is 10.6. The average molecular weight is 446 g/mol. The maximum atomic E-state index is 13.1. The van der Waals surface area contributed by atoms with Crippen LogP contribution in [0.4, 0.5) is 0 Å². The van der Waals surface area contributed by atoms with E-state index < -0.39 is 10.0 Å². The number of piperidine rings is 1. The van der Waals surface area contributed by atoms with Crippen molar-refractivity contribution < 1.29 is 22.4 Å².